The van der Waals surface area contributed by atoms with Crippen LogP contribution >= 0.6 is 0 Å². The normalized spacial score (nSPS) is 9.50. The molecule has 0 aromatic heterocycles. The molecule has 0 aromatic rings. The Morgan fingerprint density at radius 3 is 2.42 bits per heavy atom. The van der Waals surface area contributed by atoms with E-state index in [1.807, 2.05) is 0 Å². The van der Waals surface area contributed by atoms with Crippen LogP contribution in [-0.4, -0.2) is 6.54 Å². The monoisotopic (exact) mass is 167 g/mol. The molecule has 0 saturated heterocycles. The summed E-state index contributed by atoms with van der Waals surface area (Å²) in [6.07, 6.45) is 7.67. The third-order valence-corrected chi connectivity index (χ3v) is 2.08. The molecule has 0 fully saturated rings. The van der Waals surface area contributed by atoms with Crippen LogP contribution in [0.5, 0.6) is 0 Å². The van der Waals surface area contributed by atoms with Gasteiger partial charge in [-0.05, 0) is 18.4 Å². The van der Waals surface area contributed by atoms with Gasteiger partial charge in [0.15, 0.2) is 0 Å². The maximum absolute atomic E-state index is 5.48. The van der Waals surface area contributed by atoms with Crippen LogP contribution in [0.2, 0.25) is 0 Å². The fourth-order valence-corrected chi connectivity index (χ4v) is 1.20. The second-order valence-corrected chi connectivity index (χ2v) is 3.15. The van der Waals surface area contributed by atoms with E-state index in [0.717, 1.165) is 6.42 Å². The first-order valence-electron chi connectivity index (χ1n) is 4.93. The molecule has 0 aliphatic carbocycles. The molecule has 0 rings (SSSR count). The minimum atomic E-state index is 0.622. The lowest BCUT2D eigenvalue weighted by molar-refractivity contribution is 0.628. The molecule has 0 aromatic carbocycles. The lowest BCUT2D eigenvalue weighted by Crippen LogP contribution is -2.01. The van der Waals surface area contributed by atoms with Crippen LogP contribution in [0.15, 0.2) is 17.9 Å². The van der Waals surface area contributed by atoms with E-state index in [2.05, 4.69) is 19.2 Å². The van der Waals surface area contributed by atoms with Gasteiger partial charge in [0.25, 0.3) is 0 Å². The van der Waals surface area contributed by atoms with Crippen molar-refractivity contribution in [3.8, 4) is 0 Å². The van der Waals surface area contributed by atoms with Gasteiger partial charge in [-0.2, -0.15) is 0 Å². The van der Waals surface area contributed by atoms with Gasteiger partial charge < -0.3 is 5.73 Å². The zero-order chi connectivity index (χ0) is 9.23. The van der Waals surface area contributed by atoms with E-state index >= 15 is 0 Å². The molecule has 0 aliphatic rings. The molecule has 1 heteroatoms. The van der Waals surface area contributed by atoms with E-state index in [-0.39, 0.29) is 0 Å². The minimum absolute atomic E-state index is 0.622. The molecule has 0 saturated carbocycles. The summed E-state index contributed by atoms with van der Waals surface area (Å²) in [7, 11) is 0. The van der Waals surface area contributed by atoms with Crippen molar-refractivity contribution in [3.63, 3.8) is 0 Å². The molecule has 12 heavy (non-hydrogen) atoms. The maximum atomic E-state index is 5.48. The topological polar surface area (TPSA) is 26.0 Å². The van der Waals surface area contributed by atoms with Crippen molar-refractivity contribution in [2.45, 2.75) is 45.4 Å². The van der Waals surface area contributed by atoms with Gasteiger partial charge in [-0.25, -0.2) is 0 Å². The molecule has 0 radical (unpaired) electrons. The molecule has 0 amide bonds. The first-order chi connectivity index (χ1) is 5.85. The number of nitrogens with two attached hydrogens (primary N) is 1. The standard InChI is InChI=1S/C11H21N/c1-3-5-6-7-8-9-11(4-2)10-12/h2-3,5-10,12H2,1H3. The Morgan fingerprint density at radius 2 is 1.92 bits per heavy atom. The van der Waals surface area contributed by atoms with Crippen LogP contribution in [0, 0.1) is 0 Å². The average molecular weight is 167 g/mol. The summed E-state index contributed by atoms with van der Waals surface area (Å²) >= 11 is 0. The molecule has 0 atom stereocenters. The smallest absolute Gasteiger partial charge is 0.0213 e. The first kappa shape index (κ1) is 11.5. The molecular formula is C11H21N. The fraction of sp³-hybridized carbons (Fsp3) is 0.727. The van der Waals surface area contributed by atoms with E-state index in [0.29, 0.717) is 6.54 Å². The van der Waals surface area contributed by atoms with Crippen LogP contribution in [-0.2, 0) is 0 Å². The van der Waals surface area contributed by atoms with Crippen molar-refractivity contribution < 1.29 is 0 Å². The van der Waals surface area contributed by atoms with Crippen molar-refractivity contribution in [2.24, 2.45) is 5.73 Å². The van der Waals surface area contributed by atoms with Gasteiger partial charge in [0, 0.05) is 6.54 Å². The second-order valence-electron chi connectivity index (χ2n) is 3.15. The Balaban J connectivity index is 3.24. The number of hydrogen-bond acceptors (Lipinski definition) is 1. The molecule has 2 N–H and O–H groups in total. The summed E-state index contributed by atoms with van der Waals surface area (Å²) < 4.78 is 0. The maximum Gasteiger partial charge on any atom is 0.0213 e. The Kier molecular flexibility index (Phi) is 8.20. The summed E-state index contributed by atoms with van der Waals surface area (Å²) in [5.74, 6) is 0. The van der Waals surface area contributed by atoms with Crippen molar-refractivity contribution in [3.05, 3.63) is 17.9 Å². The fourth-order valence-electron chi connectivity index (χ4n) is 1.20. The zero-order valence-corrected chi connectivity index (χ0v) is 8.23. The summed E-state index contributed by atoms with van der Waals surface area (Å²) in [5, 5.41) is 0. The van der Waals surface area contributed by atoms with Crippen molar-refractivity contribution >= 4 is 0 Å². The predicted molar refractivity (Wildman–Crippen MR) is 55.1 cm³/mol. The van der Waals surface area contributed by atoms with Gasteiger partial charge >= 0.3 is 0 Å². The zero-order valence-electron chi connectivity index (χ0n) is 8.23. The highest BCUT2D eigenvalue weighted by Gasteiger charge is 1.93. The van der Waals surface area contributed by atoms with Gasteiger partial charge in [-0.3, -0.25) is 0 Å². The van der Waals surface area contributed by atoms with Crippen LogP contribution in [0.4, 0.5) is 0 Å². The molecule has 70 valence electrons. The third kappa shape index (κ3) is 6.21. The van der Waals surface area contributed by atoms with Crippen LogP contribution in [0.3, 0.4) is 0 Å². The van der Waals surface area contributed by atoms with Crippen LogP contribution in [0.25, 0.3) is 0 Å². The van der Waals surface area contributed by atoms with E-state index in [1.54, 1.807) is 0 Å². The van der Waals surface area contributed by atoms with Crippen LogP contribution in [0.1, 0.15) is 45.4 Å². The van der Waals surface area contributed by atoms with Crippen molar-refractivity contribution in [1.82, 2.24) is 0 Å². The summed E-state index contributed by atoms with van der Waals surface area (Å²) in [5.41, 5.74) is 9.54. The number of rotatable bonds is 7. The lowest BCUT2D eigenvalue weighted by Gasteiger charge is -2.00. The predicted octanol–water partition coefficient (Wildman–Crippen LogP) is 3.02. The highest BCUT2D eigenvalue weighted by Crippen LogP contribution is 2.08. The Labute approximate surface area is 76.3 Å². The summed E-state index contributed by atoms with van der Waals surface area (Å²) in [6, 6.07) is 0. The van der Waals surface area contributed by atoms with Gasteiger partial charge in [0.2, 0.25) is 0 Å². The van der Waals surface area contributed by atoms with E-state index in [9.17, 15) is 0 Å². The lowest BCUT2D eigenvalue weighted by atomic mass is 10.1. The molecular weight excluding hydrogens is 146 g/mol. The Hall–Kier alpha value is -0.520. The Bertz CT molecular complexity index is 143. The number of hydrogen-bond donors (Lipinski definition) is 1. The van der Waals surface area contributed by atoms with Gasteiger partial charge in [0.05, 0.1) is 0 Å². The van der Waals surface area contributed by atoms with Gasteiger partial charge in [-0.1, -0.05) is 39.2 Å². The van der Waals surface area contributed by atoms with E-state index in [1.165, 1.54) is 37.7 Å². The van der Waals surface area contributed by atoms with E-state index in [4.69, 9.17) is 5.73 Å². The minimum Gasteiger partial charge on any atom is -0.326 e. The van der Waals surface area contributed by atoms with Crippen LogP contribution < -0.4 is 5.73 Å². The highest BCUT2D eigenvalue weighted by molar-refractivity contribution is 4.99. The Morgan fingerprint density at radius 1 is 1.25 bits per heavy atom. The molecule has 1 nitrogen and oxygen atoms in total. The molecule has 0 unspecified atom stereocenters. The second kappa shape index (κ2) is 8.58. The van der Waals surface area contributed by atoms with Crippen molar-refractivity contribution in [1.29, 1.82) is 0 Å². The molecule has 0 heterocycles. The number of unbranched alkanes of at least 4 members (excludes halogenated alkanes) is 4. The summed E-state index contributed by atoms with van der Waals surface area (Å²) in [6.45, 7) is 6.46. The summed E-state index contributed by atoms with van der Waals surface area (Å²) in [4.78, 5) is 0. The first-order valence-corrected chi connectivity index (χ1v) is 4.93. The molecule has 0 aliphatic heterocycles. The highest BCUT2D eigenvalue weighted by atomic mass is 14.5. The molecule has 0 spiro atoms. The van der Waals surface area contributed by atoms with Gasteiger partial charge in [-0.15, -0.1) is 5.73 Å². The van der Waals surface area contributed by atoms with E-state index < -0.39 is 0 Å². The average Bonchev–Trinajstić information content (AvgIpc) is 2.11. The van der Waals surface area contributed by atoms with Crippen molar-refractivity contribution in [2.75, 3.05) is 6.54 Å². The third-order valence-electron chi connectivity index (χ3n) is 2.08. The quantitative estimate of drug-likeness (QED) is 0.458. The largest absolute Gasteiger partial charge is 0.326 e. The molecule has 0 bridgehead atoms. The van der Waals surface area contributed by atoms with Gasteiger partial charge in [0.1, 0.15) is 0 Å². The SMILES string of the molecule is C=C=C(CN)CCCCCCC.